The monoisotopic (exact) mass is 331 g/mol. The fraction of sp³-hybridized carbons (Fsp3) is 0.200. The molecule has 0 saturated heterocycles. The molecule has 1 aliphatic rings. The number of nitrogens with one attached hydrogen (secondary N) is 1. The third-order valence-corrected chi connectivity index (χ3v) is 4.62. The van der Waals surface area contributed by atoms with Gasteiger partial charge in [0, 0.05) is 29.7 Å². The van der Waals surface area contributed by atoms with Crippen molar-refractivity contribution in [3.63, 3.8) is 0 Å². The summed E-state index contributed by atoms with van der Waals surface area (Å²) in [6.07, 6.45) is 2.13. The van der Waals surface area contributed by atoms with E-state index in [-0.39, 0.29) is 6.04 Å². The van der Waals surface area contributed by atoms with E-state index in [1.165, 1.54) is 0 Å². The van der Waals surface area contributed by atoms with E-state index in [2.05, 4.69) is 69.5 Å². The lowest BCUT2D eigenvalue weighted by molar-refractivity contribution is 0.316. The molecular weight excluding hydrogens is 310 g/mol. The highest BCUT2D eigenvalue weighted by Crippen LogP contribution is 2.33. The van der Waals surface area contributed by atoms with Gasteiger partial charge in [-0.2, -0.15) is 0 Å². The molecule has 0 aliphatic carbocycles. The first kappa shape index (κ1) is 15.6. The first-order valence-electron chi connectivity index (χ1n) is 8.44. The van der Waals surface area contributed by atoms with Gasteiger partial charge in [-0.15, -0.1) is 10.2 Å². The smallest absolute Gasteiger partial charge is 0.167 e. The maximum atomic E-state index is 4.59. The number of hydrogen-bond donors (Lipinski definition) is 1. The Kier molecular flexibility index (Phi) is 3.86. The molecule has 1 aliphatic heterocycles. The van der Waals surface area contributed by atoms with Gasteiger partial charge in [0.05, 0.1) is 5.69 Å². The van der Waals surface area contributed by atoms with Gasteiger partial charge in [-0.1, -0.05) is 36.4 Å². The lowest BCUT2D eigenvalue weighted by Crippen LogP contribution is -2.37. The number of para-hydroxylation sites is 2. The number of likely N-dealkylation sites (N-methyl/N-ethyl adjacent to an activating group) is 1. The minimum atomic E-state index is 0.262. The molecule has 5 heteroatoms. The second-order valence-electron chi connectivity index (χ2n) is 6.33. The average molecular weight is 331 g/mol. The third kappa shape index (κ3) is 2.72. The molecule has 0 saturated carbocycles. The van der Waals surface area contributed by atoms with Crippen LogP contribution in [0.4, 0.5) is 11.4 Å². The fourth-order valence-corrected chi connectivity index (χ4v) is 3.19. The van der Waals surface area contributed by atoms with E-state index in [0.717, 1.165) is 33.8 Å². The van der Waals surface area contributed by atoms with E-state index in [4.69, 9.17) is 0 Å². The zero-order valence-electron chi connectivity index (χ0n) is 14.6. The molecule has 1 N–H and O–H groups in total. The molecule has 3 aromatic rings. The molecule has 4 rings (SSSR count). The molecule has 0 bridgehead atoms. The highest BCUT2D eigenvalue weighted by atomic mass is 15.7. The van der Waals surface area contributed by atoms with E-state index in [9.17, 15) is 0 Å². The molecule has 2 heterocycles. The Morgan fingerprint density at radius 3 is 2.48 bits per heavy atom. The summed E-state index contributed by atoms with van der Waals surface area (Å²) in [6, 6.07) is 18.7. The van der Waals surface area contributed by atoms with Gasteiger partial charge >= 0.3 is 0 Å². The maximum absolute atomic E-state index is 4.59. The molecular formula is C20H21N5. The van der Waals surface area contributed by atoms with E-state index < -0.39 is 0 Å². The van der Waals surface area contributed by atoms with Crippen molar-refractivity contribution in [2.24, 2.45) is 10.2 Å². The lowest BCUT2D eigenvalue weighted by Gasteiger charge is -2.29. The summed E-state index contributed by atoms with van der Waals surface area (Å²) >= 11 is 0. The van der Waals surface area contributed by atoms with Crippen LogP contribution >= 0.6 is 0 Å². The van der Waals surface area contributed by atoms with Gasteiger partial charge in [-0.25, -0.2) is 5.01 Å². The molecule has 0 fully saturated rings. The minimum absolute atomic E-state index is 0.262. The number of benzene rings is 2. The summed E-state index contributed by atoms with van der Waals surface area (Å²) in [6.45, 7) is 4.18. The second kappa shape index (κ2) is 6.18. The number of aromatic amines is 1. The lowest BCUT2D eigenvalue weighted by atomic mass is 10.2. The van der Waals surface area contributed by atoms with Crippen molar-refractivity contribution in [3.8, 4) is 0 Å². The summed E-state index contributed by atoms with van der Waals surface area (Å²) in [7, 11) is 2.06. The quantitative estimate of drug-likeness (QED) is 0.674. The van der Waals surface area contributed by atoms with Crippen molar-refractivity contribution in [2.45, 2.75) is 19.9 Å². The third-order valence-electron chi connectivity index (χ3n) is 4.62. The Morgan fingerprint density at radius 1 is 0.960 bits per heavy atom. The summed E-state index contributed by atoms with van der Waals surface area (Å²) in [5.41, 5.74) is 4.08. The van der Waals surface area contributed by atoms with Gasteiger partial charge in [-0.3, -0.25) is 5.01 Å². The van der Waals surface area contributed by atoms with Crippen LogP contribution in [0, 0.1) is 6.92 Å². The topological polar surface area (TPSA) is 47.0 Å². The summed E-state index contributed by atoms with van der Waals surface area (Å²) < 4.78 is 0. The summed E-state index contributed by atoms with van der Waals surface area (Å²) in [5.74, 6) is 0.839. The predicted molar refractivity (Wildman–Crippen MR) is 102 cm³/mol. The van der Waals surface area contributed by atoms with E-state index in [1.807, 2.05) is 37.3 Å². The van der Waals surface area contributed by atoms with Crippen LogP contribution in [0.15, 0.2) is 76.7 Å². The molecule has 1 aromatic heterocycles. The summed E-state index contributed by atoms with van der Waals surface area (Å²) in [4.78, 5) is 3.37. The molecule has 2 aromatic carbocycles. The first-order valence-corrected chi connectivity index (χ1v) is 8.44. The van der Waals surface area contributed by atoms with Crippen LogP contribution in [0.3, 0.4) is 0 Å². The Morgan fingerprint density at radius 2 is 1.68 bits per heavy atom. The van der Waals surface area contributed by atoms with Gasteiger partial charge in [0.2, 0.25) is 0 Å². The predicted octanol–water partition coefficient (Wildman–Crippen LogP) is 5.16. The standard InChI is InChI=1S/C20H21N5/c1-14-13-19(25(24(14)3)16-9-5-4-6-10-16)22-23-20-15(2)21-18-12-8-7-11-17(18)20/h4-14,21H,1-3H3. The minimum Gasteiger partial charge on any atom is -0.357 e. The van der Waals surface area contributed by atoms with Crippen LogP contribution in [-0.4, -0.2) is 23.1 Å². The van der Waals surface area contributed by atoms with Crippen molar-refractivity contribution in [1.29, 1.82) is 0 Å². The normalized spacial score (nSPS) is 18.4. The van der Waals surface area contributed by atoms with Gasteiger partial charge in [0.15, 0.2) is 5.82 Å². The number of azo groups is 1. The van der Waals surface area contributed by atoms with Gasteiger partial charge in [0.25, 0.3) is 0 Å². The van der Waals surface area contributed by atoms with Crippen LogP contribution in [0.1, 0.15) is 12.6 Å². The zero-order chi connectivity index (χ0) is 17.4. The Bertz CT molecular complexity index is 955. The van der Waals surface area contributed by atoms with Crippen molar-refractivity contribution >= 4 is 22.3 Å². The molecule has 0 radical (unpaired) electrons. The van der Waals surface area contributed by atoms with Crippen molar-refractivity contribution in [3.05, 3.63) is 72.2 Å². The van der Waals surface area contributed by atoms with Crippen molar-refractivity contribution in [1.82, 2.24) is 9.99 Å². The molecule has 0 amide bonds. The van der Waals surface area contributed by atoms with Crippen LogP contribution in [0.2, 0.25) is 0 Å². The van der Waals surface area contributed by atoms with E-state index in [0.29, 0.717) is 0 Å². The number of rotatable bonds is 3. The largest absolute Gasteiger partial charge is 0.357 e. The number of hydrazine groups is 1. The van der Waals surface area contributed by atoms with Crippen LogP contribution in [-0.2, 0) is 0 Å². The zero-order valence-corrected chi connectivity index (χ0v) is 14.6. The fourth-order valence-electron chi connectivity index (χ4n) is 3.19. The highest BCUT2D eigenvalue weighted by Gasteiger charge is 2.27. The SMILES string of the molecule is Cc1[nH]c2ccccc2c1N=NC1=CC(C)N(C)N1c1ccccc1. The van der Waals surface area contributed by atoms with Gasteiger partial charge in [0.1, 0.15) is 5.69 Å². The molecule has 1 unspecified atom stereocenters. The van der Waals surface area contributed by atoms with Crippen LogP contribution in [0.25, 0.3) is 10.9 Å². The second-order valence-corrected chi connectivity index (χ2v) is 6.33. The van der Waals surface area contributed by atoms with Gasteiger partial charge < -0.3 is 4.98 Å². The Hall–Kier alpha value is -2.92. The number of nitrogens with zero attached hydrogens (tertiary/aromatic N) is 4. The number of fused-ring (bicyclic) bond motifs is 1. The molecule has 5 nitrogen and oxygen atoms in total. The Balaban J connectivity index is 1.72. The molecule has 1 atom stereocenters. The highest BCUT2D eigenvalue weighted by molar-refractivity contribution is 5.92. The maximum Gasteiger partial charge on any atom is 0.167 e. The van der Waals surface area contributed by atoms with Crippen LogP contribution in [0.5, 0.6) is 0 Å². The number of H-pyrrole nitrogens is 1. The average Bonchev–Trinajstić information content (AvgIpc) is 3.10. The number of anilines is 1. The first-order chi connectivity index (χ1) is 12.1. The number of aryl methyl sites for hydroxylation is 1. The number of hydrogen-bond acceptors (Lipinski definition) is 4. The van der Waals surface area contributed by atoms with E-state index in [1.54, 1.807) is 0 Å². The Labute approximate surface area is 147 Å². The van der Waals surface area contributed by atoms with E-state index >= 15 is 0 Å². The van der Waals surface area contributed by atoms with Gasteiger partial charge in [-0.05, 0) is 38.1 Å². The molecule has 25 heavy (non-hydrogen) atoms. The van der Waals surface area contributed by atoms with Crippen molar-refractivity contribution in [2.75, 3.05) is 12.1 Å². The van der Waals surface area contributed by atoms with Crippen molar-refractivity contribution < 1.29 is 0 Å². The number of aromatic nitrogens is 1. The molecule has 126 valence electrons. The molecule has 0 spiro atoms. The summed E-state index contributed by atoms with van der Waals surface area (Å²) in [5, 5.41) is 14.5. The van der Waals surface area contributed by atoms with Crippen LogP contribution < -0.4 is 5.01 Å².